The summed E-state index contributed by atoms with van der Waals surface area (Å²) in [6.45, 7) is 1.83. The second-order valence-electron chi connectivity index (χ2n) is 4.54. The van der Waals surface area contributed by atoms with Gasteiger partial charge in [-0.05, 0) is 12.0 Å². The Morgan fingerprint density at radius 1 is 1.45 bits per heavy atom. The second-order valence-corrected chi connectivity index (χ2v) is 7.02. The van der Waals surface area contributed by atoms with Gasteiger partial charge in [0.1, 0.15) is 4.90 Å². The van der Waals surface area contributed by atoms with Gasteiger partial charge in [0.15, 0.2) is 0 Å². The maximum Gasteiger partial charge on any atom is 0.270 e. The number of alkyl halides is 1. The van der Waals surface area contributed by atoms with Crippen LogP contribution < -0.4 is 0 Å². The first-order chi connectivity index (χ1) is 9.28. The van der Waals surface area contributed by atoms with Crippen LogP contribution in [-0.2, 0) is 10.0 Å². The fraction of sp³-hybridized carbons (Fsp3) is 0.364. The van der Waals surface area contributed by atoms with Gasteiger partial charge in [0.05, 0.1) is 10.5 Å². The van der Waals surface area contributed by atoms with Gasteiger partial charge in [-0.15, -0.1) is 0 Å². The first-order valence-electron chi connectivity index (χ1n) is 5.70. The number of halogens is 1. The molecule has 0 aliphatic carbocycles. The van der Waals surface area contributed by atoms with Crippen molar-refractivity contribution in [3.8, 4) is 0 Å². The molecule has 20 heavy (non-hydrogen) atoms. The Morgan fingerprint density at radius 3 is 2.65 bits per heavy atom. The Hall–Kier alpha value is -1.48. The number of nitrogens with zero attached hydrogens (tertiary/aromatic N) is 2. The Morgan fingerprint density at radius 2 is 2.10 bits per heavy atom. The van der Waals surface area contributed by atoms with Crippen LogP contribution in [0.4, 0.5) is 5.69 Å². The molecular formula is C11H11BrN2O5S. The molecule has 1 aliphatic heterocycles. The number of nitro benzene ring substituents is 1. The SMILES string of the molecule is CC(CBr)CN1C(=O)c2ccc([N+](=O)[O-])cc2S1(=O)=O. The molecule has 9 heteroatoms. The fourth-order valence-electron chi connectivity index (χ4n) is 1.89. The van der Waals surface area contributed by atoms with Crippen LogP contribution in [-0.4, -0.2) is 35.4 Å². The van der Waals surface area contributed by atoms with E-state index in [1.165, 1.54) is 6.07 Å². The van der Waals surface area contributed by atoms with Gasteiger partial charge in [0, 0.05) is 24.0 Å². The van der Waals surface area contributed by atoms with Crippen LogP contribution in [0.2, 0.25) is 0 Å². The molecule has 108 valence electrons. The molecule has 0 radical (unpaired) electrons. The van der Waals surface area contributed by atoms with Crippen molar-refractivity contribution in [3.05, 3.63) is 33.9 Å². The number of amides is 1. The highest BCUT2D eigenvalue weighted by atomic mass is 79.9. The Labute approximate surface area is 123 Å². The number of sulfonamides is 1. The highest BCUT2D eigenvalue weighted by Gasteiger charge is 2.42. The summed E-state index contributed by atoms with van der Waals surface area (Å²) in [5.41, 5.74) is -0.368. The molecule has 0 bridgehead atoms. The number of rotatable bonds is 4. The molecule has 1 aromatic rings. The quantitative estimate of drug-likeness (QED) is 0.461. The second kappa shape index (κ2) is 5.13. The number of hydrogen-bond acceptors (Lipinski definition) is 5. The first kappa shape index (κ1) is 14.9. The normalized spacial score (nSPS) is 17.9. The highest BCUT2D eigenvalue weighted by Crippen LogP contribution is 2.33. The smallest absolute Gasteiger partial charge is 0.268 e. The predicted molar refractivity (Wildman–Crippen MR) is 74.3 cm³/mol. The largest absolute Gasteiger partial charge is 0.270 e. The number of carbonyl (C=O) groups is 1. The van der Waals surface area contributed by atoms with Crippen molar-refractivity contribution in [2.75, 3.05) is 11.9 Å². The van der Waals surface area contributed by atoms with Gasteiger partial charge < -0.3 is 0 Å². The van der Waals surface area contributed by atoms with E-state index < -0.39 is 20.9 Å². The van der Waals surface area contributed by atoms with Crippen molar-refractivity contribution >= 4 is 37.5 Å². The van der Waals surface area contributed by atoms with Crippen LogP contribution in [0.1, 0.15) is 17.3 Å². The highest BCUT2D eigenvalue weighted by molar-refractivity contribution is 9.09. The molecule has 1 atom stereocenters. The lowest BCUT2D eigenvalue weighted by Crippen LogP contribution is -2.34. The Bertz CT molecular complexity index is 688. The van der Waals surface area contributed by atoms with Gasteiger partial charge in [-0.2, -0.15) is 0 Å². The summed E-state index contributed by atoms with van der Waals surface area (Å²) in [4.78, 5) is 21.8. The van der Waals surface area contributed by atoms with E-state index in [1.807, 2.05) is 0 Å². The number of nitro groups is 1. The summed E-state index contributed by atoms with van der Waals surface area (Å²) < 4.78 is 25.3. The molecule has 1 unspecified atom stereocenters. The topological polar surface area (TPSA) is 97.6 Å². The molecule has 0 spiro atoms. The molecule has 1 aromatic carbocycles. The van der Waals surface area contributed by atoms with Crippen LogP contribution in [0.5, 0.6) is 0 Å². The maximum absolute atomic E-state index is 12.3. The molecule has 2 rings (SSSR count). The zero-order valence-corrected chi connectivity index (χ0v) is 12.8. The molecule has 0 saturated heterocycles. The van der Waals surface area contributed by atoms with Crippen molar-refractivity contribution in [2.24, 2.45) is 5.92 Å². The zero-order chi connectivity index (χ0) is 15.1. The number of hydrogen-bond donors (Lipinski definition) is 0. The maximum atomic E-state index is 12.3. The predicted octanol–water partition coefficient (Wildman–Crippen LogP) is 1.77. The van der Waals surface area contributed by atoms with Crippen molar-refractivity contribution in [2.45, 2.75) is 11.8 Å². The minimum Gasteiger partial charge on any atom is -0.268 e. The lowest BCUT2D eigenvalue weighted by Gasteiger charge is -2.18. The monoisotopic (exact) mass is 362 g/mol. The average molecular weight is 363 g/mol. The molecular weight excluding hydrogens is 352 g/mol. The summed E-state index contributed by atoms with van der Waals surface area (Å²) >= 11 is 3.22. The molecule has 7 nitrogen and oxygen atoms in total. The lowest BCUT2D eigenvalue weighted by atomic mass is 10.1. The average Bonchev–Trinajstić information content (AvgIpc) is 2.59. The van der Waals surface area contributed by atoms with Crippen LogP contribution in [0.25, 0.3) is 0 Å². The van der Waals surface area contributed by atoms with Crippen LogP contribution >= 0.6 is 15.9 Å². The summed E-state index contributed by atoms with van der Waals surface area (Å²) in [7, 11) is -4.00. The van der Waals surface area contributed by atoms with Gasteiger partial charge in [-0.25, -0.2) is 12.7 Å². The lowest BCUT2D eigenvalue weighted by molar-refractivity contribution is -0.385. The van der Waals surface area contributed by atoms with E-state index in [-0.39, 0.29) is 28.6 Å². The summed E-state index contributed by atoms with van der Waals surface area (Å²) in [6, 6.07) is 3.25. The van der Waals surface area contributed by atoms with Crippen molar-refractivity contribution in [3.63, 3.8) is 0 Å². The van der Waals surface area contributed by atoms with Crippen molar-refractivity contribution < 1.29 is 18.1 Å². The van der Waals surface area contributed by atoms with E-state index >= 15 is 0 Å². The van der Waals surface area contributed by atoms with Gasteiger partial charge in [0.25, 0.3) is 21.6 Å². The van der Waals surface area contributed by atoms with E-state index in [1.54, 1.807) is 6.92 Å². The molecule has 0 saturated carbocycles. The molecule has 0 N–H and O–H groups in total. The van der Waals surface area contributed by atoms with E-state index in [4.69, 9.17) is 0 Å². The Kier molecular flexibility index (Phi) is 3.83. The number of fused-ring (bicyclic) bond motifs is 1. The van der Waals surface area contributed by atoms with E-state index in [0.29, 0.717) is 5.33 Å². The van der Waals surface area contributed by atoms with Gasteiger partial charge in [0.2, 0.25) is 0 Å². The fourth-order valence-corrected chi connectivity index (χ4v) is 3.80. The van der Waals surface area contributed by atoms with Crippen LogP contribution in [0, 0.1) is 16.0 Å². The van der Waals surface area contributed by atoms with Gasteiger partial charge in [-0.1, -0.05) is 22.9 Å². The Balaban J connectivity index is 2.51. The van der Waals surface area contributed by atoms with Crippen LogP contribution in [0.3, 0.4) is 0 Å². The van der Waals surface area contributed by atoms with E-state index in [2.05, 4.69) is 15.9 Å². The standard InChI is InChI=1S/C11H11BrN2O5S/c1-7(5-12)6-13-11(15)9-3-2-8(14(16)17)4-10(9)20(13,18)19/h2-4,7H,5-6H2,1H3. The van der Waals surface area contributed by atoms with Crippen LogP contribution in [0.15, 0.2) is 23.1 Å². The number of non-ortho nitro benzene ring substituents is 1. The minimum atomic E-state index is -4.00. The van der Waals surface area contributed by atoms with Gasteiger partial charge >= 0.3 is 0 Å². The first-order valence-corrected chi connectivity index (χ1v) is 8.26. The third-order valence-electron chi connectivity index (χ3n) is 2.94. The minimum absolute atomic E-state index is 0.0163. The van der Waals surface area contributed by atoms with E-state index in [9.17, 15) is 23.3 Å². The molecule has 1 amide bonds. The molecule has 0 fully saturated rings. The summed E-state index contributed by atoms with van der Waals surface area (Å²) in [6.07, 6.45) is 0. The summed E-state index contributed by atoms with van der Waals surface area (Å²) in [5.74, 6) is -0.694. The molecule has 1 heterocycles. The van der Waals surface area contributed by atoms with E-state index in [0.717, 1.165) is 16.4 Å². The third kappa shape index (κ3) is 2.31. The van der Waals surface area contributed by atoms with Gasteiger partial charge in [-0.3, -0.25) is 14.9 Å². The van der Waals surface area contributed by atoms with Crippen molar-refractivity contribution in [1.29, 1.82) is 0 Å². The van der Waals surface area contributed by atoms with Crippen molar-refractivity contribution in [1.82, 2.24) is 4.31 Å². The molecule has 1 aliphatic rings. The summed E-state index contributed by atoms with van der Waals surface area (Å²) in [5, 5.41) is 11.2. The zero-order valence-electron chi connectivity index (χ0n) is 10.4. The number of carbonyl (C=O) groups excluding carboxylic acids is 1. The number of benzene rings is 1. The third-order valence-corrected chi connectivity index (χ3v) is 5.84. The molecule has 0 aromatic heterocycles.